The second kappa shape index (κ2) is 4.47. The van der Waals surface area contributed by atoms with E-state index in [-0.39, 0.29) is 5.91 Å². The van der Waals surface area contributed by atoms with Crippen molar-refractivity contribution in [1.29, 1.82) is 0 Å². The summed E-state index contributed by atoms with van der Waals surface area (Å²) in [6.07, 6.45) is 0. The van der Waals surface area contributed by atoms with Crippen LogP contribution in [0.1, 0.15) is 18.7 Å². The average Bonchev–Trinajstić information content (AvgIpc) is 2.60. The van der Waals surface area contributed by atoms with Crippen LogP contribution in [0.2, 0.25) is 0 Å². The SMILES string of the molecule is CC1(C)C(=O)NCCN1Cc1sccc1Br. The molecule has 1 N–H and O–H groups in total. The normalized spacial score (nSPS) is 20.8. The average molecular weight is 303 g/mol. The molecular weight excluding hydrogens is 288 g/mol. The highest BCUT2D eigenvalue weighted by Crippen LogP contribution is 2.28. The zero-order valence-corrected chi connectivity index (χ0v) is 11.8. The van der Waals surface area contributed by atoms with Crippen LogP contribution in [0.5, 0.6) is 0 Å². The summed E-state index contributed by atoms with van der Waals surface area (Å²) in [5.74, 6) is 0.117. The summed E-state index contributed by atoms with van der Waals surface area (Å²) in [4.78, 5) is 15.3. The zero-order valence-electron chi connectivity index (χ0n) is 9.42. The summed E-state index contributed by atoms with van der Waals surface area (Å²) < 4.78 is 1.14. The third-order valence-electron chi connectivity index (χ3n) is 3.04. The van der Waals surface area contributed by atoms with Gasteiger partial charge in [0.15, 0.2) is 0 Å². The molecule has 2 rings (SSSR count). The van der Waals surface area contributed by atoms with E-state index in [2.05, 4.69) is 37.6 Å². The Kier molecular flexibility index (Phi) is 3.37. The van der Waals surface area contributed by atoms with Gasteiger partial charge in [-0.25, -0.2) is 0 Å². The molecule has 0 unspecified atom stereocenters. The van der Waals surface area contributed by atoms with E-state index in [1.54, 1.807) is 11.3 Å². The van der Waals surface area contributed by atoms with E-state index >= 15 is 0 Å². The molecular formula is C11H15BrN2OS. The molecule has 3 nitrogen and oxygen atoms in total. The maximum Gasteiger partial charge on any atom is 0.240 e. The molecule has 1 saturated heterocycles. The summed E-state index contributed by atoms with van der Waals surface area (Å²) in [7, 11) is 0. The molecule has 1 aromatic rings. The Morgan fingerprint density at radius 1 is 1.62 bits per heavy atom. The Labute approximate surface area is 108 Å². The van der Waals surface area contributed by atoms with Gasteiger partial charge in [-0.05, 0) is 41.2 Å². The van der Waals surface area contributed by atoms with E-state index in [1.165, 1.54) is 4.88 Å². The van der Waals surface area contributed by atoms with Gasteiger partial charge >= 0.3 is 0 Å². The van der Waals surface area contributed by atoms with Crippen LogP contribution in [0.15, 0.2) is 15.9 Å². The van der Waals surface area contributed by atoms with Crippen molar-refractivity contribution < 1.29 is 4.79 Å². The molecule has 5 heteroatoms. The van der Waals surface area contributed by atoms with E-state index < -0.39 is 5.54 Å². The number of nitrogens with zero attached hydrogens (tertiary/aromatic N) is 1. The lowest BCUT2D eigenvalue weighted by Gasteiger charge is -2.41. The van der Waals surface area contributed by atoms with Crippen LogP contribution in [-0.2, 0) is 11.3 Å². The van der Waals surface area contributed by atoms with Crippen molar-refractivity contribution in [1.82, 2.24) is 10.2 Å². The van der Waals surface area contributed by atoms with Crippen LogP contribution < -0.4 is 5.32 Å². The number of hydrogen-bond donors (Lipinski definition) is 1. The van der Waals surface area contributed by atoms with Gasteiger partial charge in [0.1, 0.15) is 0 Å². The molecule has 0 aliphatic carbocycles. The summed E-state index contributed by atoms with van der Waals surface area (Å²) >= 11 is 5.25. The monoisotopic (exact) mass is 302 g/mol. The molecule has 88 valence electrons. The van der Waals surface area contributed by atoms with Gasteiger partial charge in [0, 0.05) is 29.0 Å². The first kappa shape index (κ1) is 12.1. The lowest BCUT2D eigenvalue weighted by molar-refractivity contribution is -0.135. The van der Waals surface area contributed by atoms with Crippen LogP contribution in [0.25, 0.3) is 0 Å². The molecule has 1 aliphatic rings. The first-order valence-corrected chi connectivity index (χ1v) is 6.94. The van der Waals surface area contributed by atoms with Gasteiger partial charge in [-0.3, -0.25) is 9.69 Å². The Hall–Kier alpha value is -0.390. The second-order valence-corrected chi connectivity index (χ2v) is 6.28. The van der Waals surface area contributed by atoms with Crippen LogP contribution in [0, 0.1) is 0 Å². The van der Waals surface area contributed by atoms with E-state index in [1.807, 2.05) is 13.8 Å². The molecule has 1 fully saturated rings. The highest BCUT2D eigenvalue weighted by atomic mass is 79.9. The Morgan fingerprint density at radius 3 is 3.00 bits per heavy atom. The van der Waals surface area contributed by atoms with E-state index in [4.69, 9.17) is 0 Å². The molecule has 16 heavy (non-hydrogen) atoms. The first-order chi connectivity index (χ1) is 7.51. The van der Waals surface area contributed by atoms with E-state index in [9.17, 15) is 4.79 Å². The van der Waals surface area contributed by atoms with Crippen molar-refractivity contribution in [3.63, 3.8) is 0 Å². The van der Waals surface area contributed by atoms with Crippen molar-refractivity contribution in [3.05, 3.63) is 20.8 Å². The quantitative estimate of drug-likeness (QED) is 0.908. The molecule has 1 amide bonds. The minimum atomic E-state index is -0.415. The molecule has 0 saturated carbocycles. The van der Waals surface area contributed by atoms with Gasteiger partial charge in [-0.1, -0.05) is 0 Å². The van der Waals surface area contributed by atoms with Gasteiger partial charge < -0.3 is 5.32 Å². The summed E-state index contributed by atoms with van der Waals surface area (Å²) in [6, 6.07) is 2.05. The van der Waals surface area contributed by atoms with Gasteiger partial charge in [0.05, 0.1) is 5.54 Å². The highest BCUT2D eigenvalue weighted by molar-refractivity contribution is 9.10. The molecule has 2 heterocycles. The Balaban J connectivity index is 2.15. The number of hydrogen-bond acceptors (Lipinski definition) is 3. The number of rotatable bonds is 2. The van der Waals surface area contributed by atoms with Crippen molar-refractivity contribution in [2.75, 3.05) is 13.1 Å². The number of halogens is 1. The van der Waals surface area contributed by atoms with Crippen LogP contribution in [0.4, 0.5) is 0 Å². The fraction of sp³-hybridized carbons (Fsp3) is 0.545. The first-order valence-electron chi connectivity index (χ1n) is 5.27. The predicted molar refractivity (Wildman–Crippen MR) is 69.5 cm³/mol. The molecule has 0 atom stereocenters. The van der Waals surface area contributed by atoms with E-state index in [0.29, 0.717) is 0 Å². The third kappa shape index (κ3) is 2.17. The van der Waals surface area contributed by atoms with E-state index in [0.717, 1.165) is 24.1 Å². The van der Waals surface area contributed by atoms with Crippen molar-refractivity contribution >= 4 is 33.2 Å². The molecule has 0 radical (unpaired) electrons. The topological polar surface area (TPSA) is 32.3 Å². The lowest BCUT2D eigenvalue weighted by Crippen LogP contribution is -2.61. The van der Waals surface area contributed by atoms with Gasteiger partial charge in [-0.2, -0.15) is 0 Å². The summed E-state index contributed by atoms with van der Waals surface area (Å²) in [5, 5.41) is 4.97. The molecule has 1 aliphatic heterocycles. The predicted octanol–water partition coefficient (Wildman–Crippen LogP) is 2.22. The Morgan fingerprint density at radius 2 is 2.38 bits per heavy atom. The van der Waals surface area contributed by atoms with Crippen molar-refractivity contribution in [2.24, 2.45) is 0 Å². The second-order valence-electron chi connectivity index (χ2n) is 4.43. The molecule has 1 aromatic heterocycles. The zero-order chi connectivity index (χ0) is 11.8. The number of carbonyl (C=O) groups excluding carboxylic acids is 1. The lowest BCUT2D eigenvalue weighted by atomic mass is 9.99. The molecule has 0 aromatic carbocycles. The minimum Gasteiger partial charge on any atom is -0.353 e. The van der Waals surface area contributed by atoms with Gasteiger partial charge in [0.2, 0.25) is 5.91 Å². The highest BCUT2D eigenvalue weighted by Gasteiger charge is 2.37. The maximum atomic E-state index is 11.8. The Bertz CT molecular complexity index is 402. The molecule has 0 bridgehead atoms. The van der Waals surface area contributed by atoms with Crippen molar-refractivity contribution in [2.45, 2.75) is 25.9 Å². The third-order valence-corrected chi connectivity index (χ3v) is 4.95. The number of piperazine rings is 1. The van der Waals surface area contributed by atoms with Gasteiger partial charge in [-0.15, -0.1) is 11.3 Å². The fourth-order valence-electron chi connectivity index (χ4n) is 1.83. The van der Waals surface area contributed by atoms with Gasteiger partial charge in [0.25, 0.3) is 0 Å². The standard InChI is InChI=1S/C11H15BrN2OS/c1-11(2)10(15)13-4-5-14(11)7-9-8(12)3-6-16-9/h3,6H,4-5,7H2,1-2H3,(H,13,15). The largest absolute Gasteiger partial charge is 0.353 e. The van der Waals surface area contributed by atoms with Crippen LogP contribution in [0.3, 0.4) is 0 Å². The summed E-state index contributed by atoms with van der Waals surface area (Å²) in [6.45, 7) is 6.43. The summed E-state index contributed by atoms with van der Waals surface area (Å²) in [5.41, 5.74) is -0.415. The number of thiophene rings is 1. The molecule has 0 spiro atoms. The van der Waals surface area contributed by atoms with Crippen molar-refractivity contribution in [3.8, 4) is 0 Å². The minimum absolute atomic E-state index is 0.117. The number of nitrogens with one attached hydrogen (secondary N) is 1. The fourth-order valence-corrected chi connectivity index (χ4v) is 3.32. The smallest absolute Gasteiger partial charge is 0.240 e. The number of carbonyl (C=O) groups is 1. The maximum absolute atomic E-state index is 11.8. The number of amides is 1. The van der Waals surface area contributed by atoms with Crippen LogP contribution >= 0.6 is 27.3 Å². The van der Waals surface area contributed by atoms with Crippen LogP contribution in [-0.4, -0.2) is 29.4 Å².